The van der Waals surface area contributed by atoms with Crippen LogP contribution in [-0.2, 0) is 0 Å². The number of nitrogens with zero attached hydrogens (tertiary/aromatic N) is 3. The molecule has 0 aliphatic heterocycles. The molecule has 4 heteroatoms. The molecular weight excluding hydrogens is 164 g/mol. The molecule has 0 spiro atoms. The highest BCUT2D eigenvalue weighted by Crippen LogP contribution is 1.97. The Labute approximate surface area is 80.5 Å². The van der Waals surface area contributed by atoms with Crippen LogP contribution in [0.25, 0.3) is 0 Å². The first kappa shape index (κ1) is 12.1. The second-order valence-electron chi connectivity index (χ2n) is 3.22. The number of hydrogen-bond acceptors (Lipinski definition) is 2. The van der Waals surface area contributed by atoms with E-state index in [0.717, 1.165) is 19.4 Å². The average molecular weight is 184 g/mol. The Morgan fingerprint density at radius 1 is 1.62 bits per heavy atom. The van der Waals surface area contributed by atoms with Crippen LogP contribution in [0.5, 0.6) is 0 Å². The molecule has 0 amide bonds. The van der Waals surface area contributed by atoms with E-state index in [1.54, 1.807) is 7.05 Å². The van der Waals surface area contributed by atoms with E-state index in [9.17, 15) is 0 Å². The van der Waals surface area contributed by atoms with Gasteiger partial charge in [0.15, 0.2) is 0 Å². The summed E-state index contributed by atoms with van der Waals surface area (Å²) >= 11 is 0. The minimum atomic E-state index is 0.270. The Morgan fingerprint density at radius 2 is 2.23 bits per heavy atom. The zero-order valence-electron chi connectivity index (χ0n) is 8.82. The molecular formula is C9H20N4. The largest absolute Gasteiger partial charge is 0.344 e. The van der Waals surface area contributed by atoms with E-state index in [0.29, 0.717) is 5.96 Å². The van der Waals surface area contributed by atoms with Crippen LogP contribution in [0.1, 0.15) is 19.8 Å². The Hall–Kier alpha value is -0.900. The maximum atomic E-state index is 5.64. The smallest absolute Gasteiger partial charge is 0.219 e. The molecule has 0 rings (SSSR count). The lowest BCUT2D eigenvalue weighted by molar-refractivity contribution is 0.459. The van der Waals surface area contributed by atoms with Crippen molar-refractivity contribution in [2.75, 3.05) is 20.6 Å². The topological polar surface area (TPSA) is 54.0 Å². The first-order chi connectivity index (χ1) is 6.11. The molecule has 0 bridgehead atoms. The summed E-state index contributed by atoms with van der Waals surface area (Å²) in [4.78, 5) is 9.77. The van der Waals surface area contributed by atoms with Gasteiger partial charge in [-0.25, -0.2) is 4.99 Å². The van der Waals surface area contributed by atoms with Gasteiger partial charge in [0.2, 0.25) is 5.96 Å². The zero-order chi connectivity index (χ0) is 10.3. The third kappa shape index (κ3) is 5.36. The third-order valence-electron chi connectivity index (χ3n) is 1.84. The predicted octanol–water partition coefficient (Wildman–Crippen LogP) is 0.732. The van der Waals surface area contributed by atoms with Crippen LogP contribution in [0.15, 0.2) is 9.98 Å². The van der Waals surface area contributed by atoms with Crippen LogP contribution in [0.4, 0.5) is 0 Å². The Balaban J connectivity index is 3.73. The first-order valence-electron chi connectivity index (χ1n) is 4.52. The van der Waals surface area contributed by atoms with E-state index < -0.39 is 0 Å². The highest BCUT2D eigenvalue weighted by atomic mass is 15.2. The molecule has 13 heavy (non-hydrogen) atoms. The van der Waals surface area contributed by atoms with Gasteiger partial charge in [0.25, 0.3) is 0 Å². The van der Waals surface area contributed by atoms with E-state index in [1.165, 1.54) is 0 Å². The van der Waals surface area contributed by atoms with Gasteiger partial charge in [-0.3, -0.25) is 4.99 Å². The van der Waals surface area contributed by atoms with Gasteiger partial charge >= 0.3 is 0 Å². The summed E-state index contributed by atoms with van der Waals surface area (Å²) in [7, 11) is 3.67. The Bertz CT molecular complexity index is 174. The van der Waals surface area contributed by atoms with Gasteiger partial charge in [-0.15, -0.1) is 0 Å². The monoisotopic (exact) mass is 184 g/mol. The third-order valence-corrected chi connectivity index (χ3v) is 1.84. The molecule has 0 saturated carbocycles. The maximum absolute atomic E-state index is 5.64. The van der Waals surface area contributed by atoms with Gasteiger partial charge in [0, 0.05) is 26.7 Å². The molecule has 1 atom stereocenters. The molecule has 0 radical (unpaired) electrons. The van der Waals surface area contributed by atoms with Gasteiger partial charge in [-0.1, -0.05) is 0 Å². The fourth-order valence-corrected chi connectivity index (χ4v) is 1.11. The molecule has 0 aliphatic carbocycles. The molecule has 1 unspecified atom stereocenters. The number of nitrogens with two attached hydrogens (primary N) is 1. The molecule has 0 aliphatic rings. The molecule has 0 aromatic rings. The Morgan fingerprint density at radius 3 is 2.62 bits per heavy atom. The van der Waals surface area contributed by atoms with Crippen molar-refractivity contribution >= 4 is 12.7 Å². The first-order valence-corrected chi connectivity index (χ1v) is 4.52. The summed E-state index contributed by atoms with van der Waals surface area (Å²) in [6.45, 7) is 6.39. The van der Waals surface area contributed by atoms with Crippen molar-refractivity contribution in [2.45, 2.75) is 25.8 Å². The minimum absolute atomic E-state index is 0.270. The number of aliphatic imine (C=N–C) groups is 2. The highest BCUT2D eigenvalue weighted by molar-refractivity contribution is 5.83. The summed E-state index contributed by atoms with van der Waals surface area (Å²) in [6, 6.07) is 0.270. The summed E-state index contributed by atoms with van der Waals surface area (Å²) in [5, 5.41) is 0. The lowest BCUT2D eigenvalue weighted by Crippen LogP contribution is -2.27. The second-order valence-corrected chi connectivity index (χ2v) is 3.22. The number of guanidine groups is 1. The SMILES string of the molecule is C=NC(=NC)N(C)CCCC(C)N. The fraction of sp³-hybridized carbons (Fsp3) is 0.778. The average Bonchev–Trinajstić information content (AvgIpc) is 2.05. The van der Waals surface area contributed by atoms with Gasteiger partial charge in [0.1, 0.15) is 0 Å². The van der Waals surface area contributed by atoms with E-state index in [1.807, 2.05) is 18.9 Å². The van der Waals surface area contributed by atoms with Crippen molar-refractivity contribution in [3.8, 4) is 0 Å². The van der Waals surface area contributed by atoms with Crippen LogP contribution < -0.4 is 5.73 Å². The van der Waals surface area contributed by atoms with E-state index in [-0.39, 0.29) is 6.04 Å². The second kappa shape index (κ2) is 6.60. The molecule has 4 nitrogen and oxygen atoms in total. The molecule has 2 N–H and O–H groups in total. The summed E-state index contributed by atoms with van der Waals surface area (Å²) in [5.41, 5.74) is 5.64. The van der Waals surface area contributed by atoms with Gasteiger partial charge < -0.3 is 10.6 Å². The van der Waals surface area contributed by atoms with Crippen LogP contribution >= 0.6 is 0 Å². The van der Waals surface area contributed by atoms with Gasteiger partial charge in [-0.05, 0) is 26.5 Å². The minimum Gasteiger partial charge on any atom is -0.344 e. The van der Waals surface area contributed by atoms with Crippen molar-refractivity contribution < 1.29 is 0 Å². The van der Waals surface area contributed by atoms with Crippen molar-refractivity contribution in [3.05, 3.63) is 0 Å². The lowest BCUT2D eigenvalue weighted by atomic mass is 10.2. The van der Waals surface area contributed by atoms with Crippen LogP contribution in [0.2, 0.25) is 0 Å². The van der Waals surface area contributed by atoms with Crippen LogP contribution in [0, 0.1) is 0 Å². The van der Waals surface area contributed by atoms with Crippen molar-refractivity contribution in [1.82, 2.24) is 4.90 Å². The summed E-state index contributed by atoms with van der Waals surface area (Å²) in [6.07, 6.45) is 2.08. The normalized spacial score (nSPS) is 14.0. The molecule has 0 aromatic heterocycles. The number of rotatable bonds is 4. The van der Waals surface area contributed by atoms with Crippen molar-refractivity contribution in [1.29, 1.82) is 0 Å². The standard InChI is InChI=1S/C9H20N4/c1-8(10)6-5-7-13(4)9(11-2)12-3/h8H,2,5-7,10H2,1,3-4H3. The quantitative estimate of drug-likeness (QED) is 0.517. The lowest BCUT2D eigenvalue weighted by Gasteiger charge is -2.17. The molecule has 76 valence electrons. The van der Waals surface area contributed by atoms with Crippen LogP contribution in [0.3, 0.4) is 0 Å². The molecule has 0 aromatic carbocycles. The fourth-order valence-electron chi connectivity index (χ4n) is 1.11. The molecule has 0 fully saturated rings. The maximum Gasteiger partial charge on any atom is 0.219 e. The predicted molar refractivity (Wildman–Crippen MR) is 58.4 cm³/mol. The van der Waals surface area contributed by atoms with E-state index >= 15 is 0 Å². The zero-order valence-corrected chi connectivity index (χ0v) is 8.82. The van der Waals surface area contributed by atoms with Gasteiger partial charge in [0.05, 0.1) is 0 Å². The molecule has 0 saturated heterocycles. The highest BCUT2D eigenvalue weighted by Gasteiger charge is 2.02. The van der Waals surface area contributed by atoms with Crippen molar-refractivity contribution in [2.24, 2.45) is 15.7 Å². The summed E-state index contributed by atoms with van der Waals surface area (Å²) in [5.74, 6) is 0.685. The number of hydrogen-bond donors (Lipinski definition) is 1. The summed E-state index contributed by atoms with van der Waals surface area (Å²) < 4.78 is 0. The van der Waals surface area contributed by atoms with Crippen molar-refractivity contribution in [3.63, 3.8) is 0 Å². The Kier molecular flexibility index (Phi) is 6.14. The van der Waals surface area contributed by atoms with E-state index in [4.69, 9.17) is 5.73 Å². The van der Waals surface area contributed by atoms with Gasteiger partial charge in [-0.2, -0.15) is 0 Å². The van der Waals surface area contributed by atoms with E-state index in [2.05, 4.69) is 16.7 Å². The van der Waals surface area contributed by atoms with Crippen LogP contribution in [-0.4, -0.2) is 44.3 Å². The molecule has 0 heterocycles.